The molecule has 1 unspecified atom stereocenters. The van der Waals surface area contributed by atoms with Crippen molar-refractivity contribution in [1.82, 2.24) is 15.0 Å². The predicted molar refractivity (Wildman–Crippen MR) is 58.3 cm³/mol. The van der Waals surface area contributed by atoms with E-state index < -0.39 is 0 Å². The minimum absolute atomic E-state index is 0.223. The van der Waals surface area contributed by atoms with Crippen LogP contribution < -0.4 is 4.90 Å². The normalized spacial score (nSPS) is 20.6. The molecule has 0 aromatic carbocycles. The number of piperazine rings is 1. The molecule has 6 heteroatoms. The molecule has 0 spiro atoms. The fraction of sp³-hybridized carbons (Fsp3) is 0.778. The van der Waals surface area contributed by atoms with Crippen LogP contribution in [0.4, 0.5) is 5.95 Å². The lowest BCUT2D eigenvalue weighted by atomic mass is 10.3. The van der Waals surface area contributed by atoms with Crippen molar-refractivity contribution in [3.63, 3.8) is 0 Å². The number of hydrogen-bond donors (Lipinski definition) is 0. The molecule has 1 aromatic heterocycles. The summed E-state index contributed by atoms with van der Waals surface area (Å²) in [4.78, 5) is 8.65. The maximum Gasteiger partial charge on any atom is 0.266 e. The smallest absolute Gasteiger partial charge is 0.266 e. The number of alkyl halides is 1. The minimum atomic E-state index is -0.223. The number of rotatable bonds is 2. The Morgan fingerprint density at radius 2 is 2.00 bits per heavy atom. The van der Waals surface area contributed by atoms with Crippen LogP contribution in [0.1, 0.15) is 18.2 Å². The van der Waals surface area contributed by atoms with E-state index in [9.17, 15) is 0 Å². The zero-order valence-electron chi connectivity index (χ0n) is 8.98. The molecule has 1 aliphatic heterocycles. The molecule has 0 aliphatic carbocycles. The summed E-state index contributed by atoms with van der Waals surface area (Å²) in [6.45, 7) is 5.75. The Hall–Kier alpha value is -0.810. The van der Waals surface area contributed by atoms with Gasteiger partial charge in [0, 0.05) is 26.2 Å². The molecule has 0 bridgehead atoms. The Bertz CT molecular complexity index is 320. The number of nitrogens with zero attached hydrogens (tertiary/aromatic N) is 4. The van der Waals surface area contributed by atoms with Gasteiger partial charge in [-0.05, 0) is 19.1 Å². The Labute approximate surface area is 94.0 Å². The van der Waals surface area contributed by atoms with E-state index in [-0.39, 0.29) is 5.38 Å². The highest BCUT2D eigenvalue weighted by atomic mass is 35.5. The molecule has 15 heavy (non-hydrogen) atoms. The van der Waals surface area contributed by atoms with Crippen LogP contribution >= 0.6 is 11.6 Å². The fourth-order valence-electron chi connectivity index (χ4n) is 1.52. The predicted octanol–water partition coefficient (Wildman–Crippen LogP) is 1.12. The molecular formula is C9H15ClN4O. The lowest BCUT2D eigenvalue weighted by Crippen LogP contribution is -2.44. The van der Waals surface area contributed by atoms with Gasteiger partial charge >= 0.3 is 0 Å². The summed E-state index contributed by atoms with van der Waals surface area (Å²) in [5, 5.41) is 3.70. The summed E-state index contributed by atoms with van der Waals surface area (Å²) < 4.78 is 5.06. The van der Waals surface area contributed by atoms with Gasteiger partial charge in [-0.3, -0.25) is 0 Å². The maximum atomic E-state index is 5.86. The quantitative estimate of drug-likeness (QED) is 0.713. The van der Waals surface area contributed by atoms with Crippen molar-refractivity contribution >= 4 is 17.5 Å². The van der Waals surface area contributed by atoms with Crippen molar-refractivity contribution in [3.05, 3.63) is 5.89 Å². The van der Waals surface area contributed by atoms with Gasteiger partial charge in [0.25, 0.3) is 5.95 Å². The van der Waals surface area contributed by atoms with E-state index in [0.29, 0.717) is 11.8 Å². The second kappa shape index (κ2) is 4.37. The van der Waals surface area contributed by atoms with Crippen molar-refractivity contribution in [2.24, 2.45) is 0 Å². The van der Waals surface area contributed by atoms with E-state index in [0.717, 1.165) is 26.2 Å². The third kappa shape index (κ3) is 2.41. The molecule has 1 aliphatic rings. The topological polar surface area (TPSA) is 45.4 Å². The van der Waals surface area contributed by atoms with Gasteiger partial charge in [0.2, 0.25) is 5.89 Å². The van der Waals surface area contributed by atoms with Crippen molar-refractivity contribution in [2.45, 2.75) is 12.3 Å². The molecule has 2 heterocycles. The third-order valence-electron chi connectivity index (χ3n) is 2.56. The van der Waals surface area contributed by atoms with Crippen LogP contribution in [0, 0.1) is 0 Å². The van der Waals surface area contributed by atoms with E-state index in [1.807, 2.05) is 6.92 Å². The van der Waals surface area contributed by atoms with Gasteiger partial charge in [-0.15, -0.1) is 11.6 Å². The summed E-state index contributed by atoms with van der Waals surface area (Å²) in [7, 11) is 2.11. The first kappa shape index (κ1) is 10.7. The van der Waals surface area contributed by atoms with Crippen LogP contribution in [0.3, 0.4) is 0 Å². The SMILES string of the molecule is CC(Cl)c1nc(N2CCN(C)CC2)no1. The lowest BCUT2D eigenvalue weighted by Gasteiger charge is -2.31. The number of anilines is 1. The van der Waals surface area contributed by atoms with Crippen LogP contribution in [-0.4, -0.2) is 48.3 Å². The van der Waals surface area contributed by atoms with E-state index in [4.69, 9.17) is 16.1 Å². The van der Waals surface area contributed by atoms with Gasteiger partial charge in [0.15, 0.2) is 0 Å². The molecule has 1 aromatic rings. The number of likely N-dealkylation sites (N-methyl/N-ethyl adjacent to an activating group) is 1. The zero-order valence-corrected chi connectivity index (χ0v) is 9.74. The van der Waals surface area contributed by atoms with Crippen molar-refractivity contribution < 1.29 is 4.52 Å². The highest BCUT2D eigenvalue weighted by molar-refractivity contribution is 6.20. The Morgan fingerprint density at radius 3 is 2.53 bits per heavy atom. The molecule has 5 nitrogen and oxygen atoms in total. The maximum absolute atomic E-state index is 5.86. The number of halogens is 1. The van der Waals surface area contributed by atoms with Crippen LogP contribution in [0.2, 0.25) is 0 Å². The minimum Gasteiger partial charge on any atom is -0.336 e. The summed E-state index contributed by atoms with van der Waals surface area (Å²) in [5.41, 5.74) is 0. The second-order valence-electron chi connectivity index (χ2n) is 3.84. The van der Waals surface area contributed by atoms with Gasteiger partial charge in [-0.2, -0.15) is 4.98 Å². The van der Waals surface area contributed by atoms with Gasteiger partial charge < -0.3 is 14.3 Å². The third-order valence-corrected chi connectivity index (χ3v) is 2.74. The van der Waals surface area contributed by atoms with E-state index in [1.54, 1.807) is 0 Å². The largest absolute Gasteiger partial charge is 0.336 e. The Balaban J connectivity index is 2.03. The Kier molecular flexibility index (Phi) is 3.11. The Morgan fingerprint density at radius 1 is 1.33 bits per heavy atom. The highest BCUT2D eigenvalue weighted by Crippen LogP contribution is 2.20. The first-order valence-corrected chi connectivity index (χ1v) is 5.51. The summed E-state index contributed by atoms with van der Waals surface area (Å²) in [6.07, 6.45) is 0. The van der Waals surface area contributed by atoms with Crippen molar-refractivity contribution in [3.8, 4) is 0 Å². The van der Waals surface area contributed by atoms with Gasteiger partial charge in [0.05, 0.1) is 0 Å². The summed E-state index contributed by atoms with van der Waals surface area (Å²) in [6, 6.07) is 0. The monoisotopic (exact) mass is 230 g/mol. The molecule has 0 N–H and O–H groups in total. The highest BCUT2D eigenvalue weighted by Gasteiger charge is 2.20. The van der Waals surface area contributed by atoms with Gasteiger partial charge in [-0.1, -0.05) is 0 Å². The summed E-state index contributed by atoms with van der Waals surface area (Å²) in [5.74, 6) is 1.15. The molecule has 0 radical (unpaired) electrons. The van der Waals surface area contributed by atoms with Crippen molar-refractivity contribution in [1.29, 1.82) is 0 Å². The first-order valence-electron chi connectivity index (χ1n) is 5.08. The van der Waals surface area contributed by atoms with Crippen LogP contribution in [0.15, 0.2) is 4.52 Å². The van der Waals surface area contributed by atoms with E-state index >= 15 is 0 Å². The lowest BCUT2D eigenvalue weighted by molar-refractivity contribution is 0.308. The van der Waals surface area contributed by atoms with Crippen LogP contribution in [0.25, 0.3) is 0 Å². The molecule has 0 amide bonds. The van der Waals surface area contributed by atoms with E-state index in [2.05, 4.69) is 27.0 Å². The van der Waals surface area contributed by atoms with Gasteiger partial charge in [0.1, 0.15) is 5.38 Å². The number of hydrogen-bond acceptors (Lipinski definition) is 5. The molecule has 2 rings (SSSR count). The standard InChI is InChI=1S/C9H15ClN4O/c1-7(10)8-11-9(12-15-8)14-5-3-13(2)4-6-14/h7H,3-6H2,1-2H3. The number of aromatic nitrogens is 2. The van der Waals surface area contributed by atoms with Crippen LogP contribution in [0.5, 0.6) is 0 Å². The fourth-order valence-corrected chi connectivity index (χ4v) is 1.61. The van der Waals surface area contributed by atoms with Gasteiger partial charge in [-0.25, -0.2) is 0 Å². The molecule has 1 atom stereocenters. The van der Waals surface area contributed by atoms with Crippen molar-refractivity contribution in [2.75, 3.05) is 38.1 Å². The molecular weight excluding hydrogens is 216 g/mol. The summed E-state index contributed by atoms with van der Waals surface area (Å²) >= 11 is 5.86. The molecule has 0 saturated carbocycles. The average Bonchev–Trinajstić information content (AvgIpc) is 2.68. The first-order chi connectivity index (χ1) is 7.16. The molecule has 1 fully saturated rings. The second-order valence-corrected chi connectivity index (χ2v) is 4.49. The zero-order chi connectivity index (χ0) is 10.8. The average molecular weight is 231 g/mol. The molecule has 1 saturated heterocycles. The molecule has 84 valence electrons. The van der Waals surface area contributed by atoms with Crippen LogP contribution in [-0.2, 0) is 0 Å². The van der Waals surface area contributed by atoms with E-state index in [1.165, 1.54) is 0 Å².